The van der Waals surface area contributed by atoms with Gasteiger partial charge in [-0.05, 0) is 37.1 Å². The number of piperidine rings is 1. The minimum Gasteiger partial charge on any atom is -0.375 e. The van der Waals surface area contributed by atoms with Crippen molar-refractivity contribution in [1.82, 2.24) is 9.88 Å². The lowest BCUT2D eigenvalue weighted by Gasteiger charge is -2.32. The smallest absolute Gasteiger partial charge is 0.248 e. The zero-order valence-corrected chi connectivity index (χ0v) is 13.7. The van der Waals surface area contributed by atoms with E-state index in [2.05, 4.69) is 0 Å². The van der Waals surface area contributed by atoms with E-state index in [-0.39, 0.29) is 24.2 Å². The molecular formula is C19H21FN2O2. The van der Waals surface area contributed by atoms with Crippen LogP contribution in [0.4, 0.5) is 4.39 Å². The summed E-state index contributed by atoms with van der Waals surface area (Å²) in [6, 6.07) is 12.3. The van der Waals surface area contributed by atoms with Crippen LogP contribution in [0.3, 0.4) is 0 Å². The summed E-state index contributed by atoms with van der Waals surface area (Å²) in [4.78, 5) is 18.6. The molecule has 0 unspecified atom stereocenters. The number of benzene rings is 1. The highest BCUT2D eigenvalue weighted by Crippen LogP contribution is 2.28. The molecule has 1 aromatic carbocycles. The Morgan fingerprint density at radius 1 is 1.33 bits per heavy atom. The van der Waals surface area contributed by atoms with Crippen molar-refractivity contribution >= 4 is 5.91 Å². The fourth-order valence-electron chi connectivity index (χ4n) is 3.15. The molecule has 5 heteroatoms. The fourth-order valence-corrected chi connectivity index (χ4v) is 3.15. The van der Waals surface area contributed by atoms with Gasteiger partial charge in [0.15, 0.2) is 0 Å². The van der Waals surface area contributed by atoms with Crippen LogP contribution in [0.1, 0.15) is 24.5 Å². The van der Waals surface area contributed by atoms with Crippen LogP contribution in [0.15, 0.2) is 42.5 Å². The zero-order chi connectivity index (χ0) is 16.9. The van der Waals surface area contributed by atoms with Gasteiger partial charge in [0.2, 0.25) is 5.91 Å². The molecule has 2 aromatic rings. The van der Waals surface area contributed by atoms with Crippen LogP contribution in [0, 0.1) is 5.82 Å². The van der Waals surface area contributed by atoms with Gasteiger partial charge >= 0.3 is 0 Å². The Morgan fingerprint density at radius 3 is 2.96 bits per heavy atom. The second-order valence-electron chi connectivity index (χ2n) is 6.07. The lowest BCUT2D eigenvalue weighted by molar-refractivity contribution is -0.136. The molecule has 3 rings (SSSR count). The number of carbonyl (C=O) groups is 1. The molecule has 4 nitrogen and oxygen atoms in total. The van der Waals surface area contributed by atoms with Crippen LogP contribution in [0.5, 0.6) is 0 Å². The van der Waals surface area contributed by atoms with E-state index in [9.17, 15) is 9.18 Å². The normalized spacial score (nSPS) is 17.8. The summed E-state index contributed by atoms with van der Waals surface area (Å²) >= 11 is 0. The lowest BCUT2D eigenvalue weighted by atomic mass is 9.93. The summed E-state index contributed by atoms with van der Waals surface area (Å²) in [7, 11) is 1.53. The van der Waals surface area contributed by atoms with Crippen molar-refractivity contribution in [2.75, 3.05) is 26.8 Å². The summed E-state index contributed by atoms with van der Waals surface area (Å²) in [5.41, 5.74) is 2.47. The molecule has 24 heavy (non-hydrogen) atoms. The summed E-state index contributed by atoms with van der Waals surface area (Å²) in [5.74, 6) is -0.0507. The topological polar surface area (TPSA) is 42.4 Å². The van der Waals surface area contributed by atoms with Crippen molar-refractivity contribution in [1.29, 1.82) is 0 Å². The monoisotopic (exact) mass is 328 g/mol. The van der Waals surface area contributed by atoms with Gasteiger partial charge in [0.05, 0.1) is 5.69 Å². The van der Waals surface area contributed by atoms with Crippen molar-refractivity contribution in [2.24, 2.45) is 0 Å². The van der Waals surface area contributed by atoms with Gasteiger partial charge in [0.1, 0.15) is 12.4 Å². The highest BCUT2D eigenvalue weighted by molar-refractivity contribution is 5.77. The second kappa shape index (κ2) is 7.53. The molecule has 0 spiro atoms. The molecule has 2 heterocycles. The molecule has 1 saturated heterocycles. The lowest BCUT2D eigenvalue weighted by Crippen LogP contribution is -2.41. The molecule has 0 bridgehead atoms. The molecule has 0 N–H and O–H groups in total. The first-order valence-corrected chi connectivity index (χ1v) is 8.17. The largest absolute Gasteiger partial charge is 0.375 e. The van der Waals surface area contributed by atoms with Crippen molar-refractivity contribution < 1.29 is 13.9 Å². The number of likely N-dealkylation sites (tertiary alicyclic amines) is 1. The average molecular weight is 328 g/mol. The van der Waals surface area contributed by atoms with Gasteiger partial charge in [-0.1, -0.05) is 18.2 Å². The number of hydrogen-bond acceptors (Lipinski definition) is 3. The minimum absolute atomic E-state index is 0.0171. The summed E-state index contributed by atoms with van der Waals surface area (Å²) in [6.45, 7) is 1.54. The number of rotatable bonds is 4. The Bertz CT molecular complexity index is 720. The van der Waals surface area contributed by atoms with E-state index in [4.69, 9.17) is 9.72 Å². The van der Waals surface area contributed by atoms with E-state index in [0.717, 1.165) is 36.3 Å². The van der Waals surface area contributed by atoms with Gasteiger partial charge < -0.3 is 9.64 Å². The van der Waals surface area contributed by atoms with Gasteiger partial charge in [-0.2, -0.15) is 0 Å². The summed E-state index contributed by atoms with van der Waals surface area (Å²) in [6.07, 6.45) is 1.95. The Kier molecular flexibility index (Phi) is 5.20. The number of pyridine rings is 1. The number of ether oxygens (including phenoxy) is 1. The zero-order valence-electron chi connectivity index (χ0n) is 13.7. The number of hydrogen-bond donors (Lipinski definition) is 0. The summed E-state index contributed by atoms with van der Waals surface area (Å²) < 4.78 is 18.4. The maximum absolute atomic E-state index is 13.4. The van der Waals surface area contributed by atoms with E-state index in [1.165, 1.54) is 19.2 Å². The molecular weight excluding hydrogens is 307 g/mol. The SMILES string of the molecule is COCC(=O)N1CCC[C@H](c2cccc(-c3cccc(F)c3)n2)C1. The van der Waals surface area contributed by atoms with E-state index in [1.807, 2.05) is 29.2 Å². The predicted octanol–water partition coefficient (Wildman–Crippen LogP) is 3.24. The standard InChI is InChI=1S/C19H21FN2O2/c1-24-13-19(23)22-10-4-6-15(12-22)18-9-3-8-17(21-18)14-5-2-7-16(20)11-14/h2-3,5,7-9,11,15H,4,6,10,12-13H2,1H3/t15-/m0/s1. The predicted molar refractivity (Wildman–Crippen MR) is 90.1 cm³/mol. The molecule has 1 amide bonds. The maximum Gasteiger partial charge on any atom is 0.248 e. The van der Waals surface area contributed by atoms with Gasteiger partial charge in [-0.25, -0.2) is 4.39 Å². The van der Waals surface area contributed by atoms with Gasteiger partial charge in [0, 0.05) is 37.4 Å². The first-order chi connectivity index (χ1) is 11.7. The molecule has 1 aliphatic rings. The third-order valence-electron chi connectivity index (χ3n) is 4.35. The number of carbonyl (C=O) groups excluding carboxylic acids is 1. The van der Waals surface area contributed by atoms with E-state index >= 15 is 0 Å². The Balaban J connectivity index is 1.79. The van der Waals surface area contributed by atoms with E-state index < -0.39 is 0 Å². The molecule has 1 atom stereocenters. The van der Waals surface area contributed by atoms with E-state index in [0.29, 0.717) is 6.54 Å². The quantitative estimate of drug-likeness (QED) is 0.865. The highest BCUT2D eigenvalue weighted by Gasteiger charge is 2.25. The van der Waals surface area contributed by atoms with Crippen LogP contribution < -0.4 is 0 Å². The van der Waals surface area contributed by atoms with Crippen LogP contribution >= 0.6 is 0 Å². The van der Waals surface area contributed by atoms with Gasteiger partial charge in [-0.15, -0.1) is 0 Å². The number of methoxy groups -OCH3 is 1. The number of aromatic nitrogens is 1. The van der Waals surface area contributed by atoms with Crippen LogP contribution in [0.2, 0.25) is 0 Å². The molecule has 126 valence electrons. The fraction of sp³-hybridized carbons (Fsp3) is 0.368. The second-order valence-corrected chi connectivity index (χ2v) is 6.07. The number of amides is 1. The van der Waals surface area contributed by atoms with Crippen LogP contribution in [0.25, 0.3) is 11.3 Å². The van der Waals surface area contributed by atoms with Crippen LogP contribution in [-0.2, 0) is 9.53 Å². The Morgan fingerprint density at radius 2 is 2.17 bits per heavy atom. The third-order valence-corrected chi connectivity index (χ3v) is 4.35. The maximum atomic E-state index is 13.4. The van der Waals surface area contributed by atoms with Crippen LogP contribution in [-0.4, -0.2) is 42.6 Å². The number of halogens is 1. The Hall–Kier alpha value is -2.27. The average Bonchev–Trinajstić information content (AvgIpc) is 2.62. The van der Waals surface area contributed by atoms with Crippen molar-refractivity contribution in [3.05, 3.63) is 54.0 Å². The highest BCUT2D eigenvalue weighted by atomic mass is 19.1. The van der Waals surface area contributed by atoms with Gasteiger partial charge in [-0.3, -0.25) is 9.78 Å². The molecule has 0 aliphatic carbocycles. The Labute approximate surface area is 141 Å². The van der Waals surface area contributed by atoms with E-state index in [1.54, 1.807) is 6.07 Å². The molecule has 1 fully saturated rings. The van der Waals surface area contributed by atoms with Gasteiger partial charge in [0.25, 0.3) is 0 Å². The molecule has 0 radical (unpaired) electrons. The molecule has 1 aliphatic heterocycles. The third kappa shape index (κ3) is 3.79. The minimum atomic E-state index is -0.270. The molecule has 1 aromatic heterocycles. The first-order valence-electron chi connectivity index (χ1n) is 8.17. The molecule has 0 saturated carbocycles. The van der Waals surface area contributed by atoms with Crippen molar-refractivity contribution in [2.45, 2.75) is 18.8 Å². The van der Waals surface area contributed by atoms with Crippen molar-refractivity contribution in [3.63, 3.8) is 0 Å². The van der Waals surface area contributed by atoms with Crippen molar-refractivity contribution in [3.8, 4) is 11.3 Å². The first kappa shape index (κ1) is 16.6. The number of nitrogens with zero attached hydrogens (tertiary/aromatic N) is 2. The summed E-state index contributed by atoms with van der Waals surface area (Å²) in [5, 5.41) is 0.